The van der Waals surface area contributed by atoms with Crippen LogP contribution in [0.1, 0.15) is 22.6 Å². The third-order valence-electron chi connectivity index (χ3n) is 4.62. The van der Waals surface area contributed by atoms with E-state index in [1.807, 2.05) is 0 Å². The maximum absolute atomic E-state index is 12.5. The molecule has 2 aromatic carbocycles. The lowest BCUT2D eigenvalue weighted by Gasteiger charge is -2.08. The number of nitrogens with one attached hydrogen (secondary N) is 1. The van der Waals surface area contributed by atoms with E-state index in [4.69, 9.17) is 0 Å². The molecule has 0 radical (unpaired) electrons. The standard InChI is InChI=1S/C19H17N3O4S/c1-27(25,26)14-7-5-13(6-8-14)20-18(23)12-4-9-15-16(11-12)21-17-3-2-10-22(17)19(15)24/h4-9,11H,2-3,10H2,1H3,(H,20,23). The number of nitrogens with zero attached hydrogens (tertiary/aromatic N) is 2. The molecule has 138 valence electrons. The van der Waals surface area contributed by atoms with Crippen LogP contribution in [-0.4, -0.2) is 30.1 Å². The average molecular weight is 383 g/mol. The van der Waals surface area contributed by atoms with Crippen molar-refractivity contribution in [3.05, 3.63) is 64.2 Å². The van der Waals surface area contributed by atoms with Gasteiger partial charge in [-0.25, -0.2) is 13.4 Å². The molecular weight excluding hydrogens is 366 g/mol. The van der Waals surface area contributed by atoms with Crippen LogP contribution in [0.5, 0.6) is 0 Å². The quantitative estimate of drug-likeness (QED) is 0.746. The molecule has 8 heteroatoms. The van der Waals surface area contributed by atoms with Crippen LogP contribution in [-0.2, 0) is 22.8 Å². The summed E-state index contributed by atoms with van der Waals surface area (Å²) in [4.78, 5) is 29.7. The van der Waals surface area contributed by atoms with Crippen molar-refractivity contribution in [1.29, 1.82) is 0 Å². The van der Waals surface area contributed by atoms with Crippen molar-refractivity contribution in [3.63, 3.8) is 0 Å². The third kappa shape index (κ3) is 3.23. The van der Waals surface area contributed by atoms with Gasteiger partial charge in [-0.05, 0) is 48.9 Å². The number of sulfone groups is 1. The van der Waals surface area contributed by atoms with Crippen LogP contribution in [0.4, 0.5) is 5.69 Å². The first kappa shape index (κ1) is 17.4. The summed E-state index contributed by atoms with van der Waals surface area (Å²) in [5.41, 5.74) is 1.29. The third-order valence-corrected chi connectivity index (χ3v) is 5.75. The Bertz CT molecular complexity index is 1230. The number of aryl methyl sites for hydroxylation is 1. The van der Waals surface area contributed by atoms with E-state index in [1.165, 1.54) is 24.3 Å². The topological polar surface area (TPSA) is 98.1 Å². The maximum atomic E-state index is 12.5. The highest BCUT2D eigenvalue weighted by molar-refractivity contribution is 7.90. The van der Waals surface area contributed by atoms with E-state index in [0.717, 1.165) is 24.9 Å². The Balaban J connectivity index is 1.63. The normalized spacial score (nSPS) is 13.5. The van der Waals surface area contributed by atoms with Crippen LogP contribution in [0.15, 0.2) is 52.2 Å². The number of rotatable bonds is 3. The Morgan fingerprint density at radius 1 is 1.15 bits per heavy atom. The molecule has 3 aromatic rings. The molecule has 27 heavy (non-hydrogen) atoms. The highest BCUT2D eigenvalue weighted by Gasteiger charge is 2.17. The fraction of sp³-hybridized carbons (Fsp3) is 0.211. The predicted molar refractivity (Wildman–Crippen MR) is 102 cm³/mol. The highest BCUT2D eigenvalue weighted by Crippen LogP contribution is 2.18. The van der Waals surface area contributed by atoms with E-state index in [-0.39, 0.29) is 16.4 Å². The first-order chi connectivity index (χ1) is 12.8. The van der Waals surface area contributed by atoms with Gasteiger partial charge in [-0.1, -0.05) is 0 Å². The minimum Gasteiger partial charge on any atom is -0.322 e. The highest BCUT2D eigenvalue weighted by atomic mass is 32.2. The zero-order chi connectivity index (χ0) is 19.2. The molecule has 2 heterocycles. The Labute approximate surface area is 155 Å². The molecule has 7 nitrogen and oxygen atoms in total. The van der Waals surface area contributed by atoms with Gasteiger partial charge in [0.25, 0.3) is 11.5 Å². The van der Waals surface area contributed by atoms with Crippen molar-refractivity contribution >= 4 is 32.3 Å². The van der Waals surface area contributed by atoms with Crippen LogP contribution < -0.4 is 10.9 Å². The summed E-state index contributed by atoms with van der Waals surface area (Å²) in [6.45, 7) is 0.683. The summed E-state index contributed by atoms with van der Waals surface area (Å²) in [7, 11) is -3.29. The van der Waals surface area contributed by atoms with Gasteiger partial charge in [-0.15, -0.1) is 0 Å². The van der Waals surface area contributed by atoms with E-state index in [1.54, 1.807) is 22.8 Å². The molecule has 0 unspecified atom stereocenters. The average Bonchev–Trinajstić information content (AvgIpc) is 3.10. The Hall–Kier alpha value is -3.00. The molecule has 1 N–H and O–H groups in total. The second-order valence-corrected chi connectivity index (χ2v) is 8.59. The van der Waals surface area contributed by atoms with Crippen LogP contribution >= 0.6 is 0 Å². The second kappa shape index (κ2) is 6.31. The van der Waals surface area contributed by atoms with Crippen molar-refractivity contribution in [1.82, 2.24) is 9.55 Å². The molecule has 0 saturated heterocycles. The van der Waals surface area contributed by atoms with Gasteiger partial charge in [0.15, 0.2) is 9.84 Å². The Morgan fingerprint density at radius 3 is 2.59 bits per heavy atom. The summed E-state index contributed by atoms with van der Waals surface area (Å²) in [5, 5.41) is 3.22. The van der Waals surface area contributed by atoms with Gasteiger partial charge < -0.3 is 5.32 Å². The number of carbonyl (C=O) groups is 1. The van der Waals surface area contributed by atoms with Crippen molar-refractivity contribution in [3.8, 4) is 0 Å². The Morgan fingerprint density at radius 2 is 1.89 bits per heavy atom. The second-order valence-electron chi connectivity index (χ2n) is 6.57. The molecule has 0 aliphatic carbocycles. The SMILES string of the molecule is CS(=O)(=O)c1ccc(NC(=O)c2ccc3c(=O)n4c(nc3c2)CCC4)cc1. The van der Waals surface area contributed by atoms with Crippen LogP contribution in [0.25, 0.3) is 10.9 Å². The van der Waals surface area contributed by atoms with Gasteiger partial charge in [0.1, 0.15) is 5.82 Å². The lowest BCUT2D eigenvalue weighted by Crippen LogP contribution is -2.21. The van der Waals surface area contributed by atoms with Crippen LogP contribution in [0, 0.1) is 0 Å². The maximum Gasteiger partial charge on any atom is 0.261 e. The number of carbonyl (C=O) groups excluding carboxylic acids is 1. The van der Waals surface area contributed by atoms with E-state index >= 15 is 0 Å². The first-order valence-corrected chi connectivity index (χ1v) is 10.4. The van der Waals surface area contributed by atoms with Gasteiger partial charge in [0.2, 0.25) is 0 Å². The monoisotopic (exact) mass is 383 g/mol. The largest absolute Gasteiger partial charge is 0.322 e. The van der Waals surface area contributed by atoms with Gasteiger partial charge in [-0.2, -0.15) is 0 Å². The summed E-state index contributed by atoms with van der Waals surface area (Å²) < 4.78 is 24.7. The molecule has 0 bridgehead atoms. The molecule has 0 atom stereocenters. The van der Waals surface area contributed by atoms with Crippen LogP contribution in [0.2, 0.25) is 0 Å². The number of anilines is 1. The lowest BCUT2D eigenvalue weighted by atomic mass is 10.1. The molecule has 1 aromatic heterocycles. The number of fused-ring (bicyclic) bond motifs is 2. The molecule has 1 aliphatic heterocycles. The van der Waals surface area contributed by atoms with E-state index < -0.39 is 9.84 Å². The number of hydrogen-bond donors (Lipinski definition) is 1. The van der Waals surface area contributed by atoms with Crippen molar-refractivity contribution in [2.45, 2.75) is 24.3 Å². The fourth-order valence-corrected chi connectivity index (χ4v) is 3.84. The van der Waals surface area contributed by atoms with Gasteiger partial charge in [0, 0.05) is 30.5 Å². The number of amides is 1. The lowest BCUT2D eigenvalue weighted by molar-refractivity contribution is 0.102. The summed E-state index contributed by atoms with van der Waals surface area (Å²) in [5.74, 6) is 0.396. The van der Waals surface area contributed by atoms with Gasteiger partial charge >= 0.3 is 0 Å². The predicted octanol–water partition coefficient (Wildman–Crippen LogP) is 2.00. The summed E-state index contributed by atoms with van der Waals surface area (Å²) in [6, 6.07) is 10.8. The molecule has 0 fully saturated rings. The number of aromatic nitrogens is 2. The van der Waals surface area contributed by atoms with Gasteiger partial charge in [0.05, 0.1) is 15.8 Å². The van der Waals surface area contributed by atoms with E-state index in [2.05, 4.69) is 10.3 Å². The van der Waals surface area contributed by atoms with E-state index in [0.29, 0.717) is 28.7 Å². The summed E-state index contributed by atoms with van der Waals surface area (Å²) >= 11 is 0. The van der Waals surface area contributed by atoms with Crippen LogP contribution in [0.3, 0.4) is 0 Å². The molecule has 0 spiro atoms. The smallest absolute Gasteiger partial charge is 0.261 e. The zero-order valence-electron chi connectivity index (χ0n) is 14.6. The van der Waals surface area contributed by atoms with Gasteiger partial charge in [-0.3, -0.25) is 14.2 Å². The van der Waals surface area contributed by atoms with Crippen molar-refractivity contribution < 1.29 is 13.2 Å². The number of hydrogen-bond acceptors (Lipinski definition) is 5. The minimum absolute atomic E-state index is 0.0733. The zero-order valence-corrected chi connectivity index (χ0v) is 15.4. The number of benzene rings is 2. The molecule has 1 amide bonds. The van der Waals surface area contributed by atoms with E-state index in [9.17, 15) is 18.0 Å². The van der Waals surface area contributed by atoms with Crippen molar-refractivity contribution in [2.75, 3.05) is 11.6 Å². The molecule has 4 rings (SSSR count). The molecule has 1 aliphatic rings. The summed E-state index contributed by atoms with van der Waals surface area (Å²) in [6.07, 6.45) is 2.78. The Kier molecular flexibility index (Phi) is 4.07. The molecule has 0 saturated carbocycles. The minimum atomic E-state index is -3.29. The molecular formula is C19H17N3O4S. The fourth-order valence-electron chi connectivity index (χ4n) is 3.21. The first-order valence-electron chi connectivity index (χ1n) is 8.48. The van der Waals surface area contributed by atoms with Crippen molar-refractivity contribution in [2.24, 2.45) is 0 Å².